The number of carboxylic acid groups (broad SMARTS) is 1. The molecule has 0 radical (unpaired) electrons. The van der Waals surface area contributed by atoms with Crippen LogP contribution in [0.25, 0.3) is 0 Å². The number of amides is 2. The predicted molar refractivity (Wildman–Crippen MR) is 91.7 cm³/mol. The Morgan fingerprint density at radius 2 is 1.80 bits per heavy atom. The van der Waals surface area contributed by atoms with Crippen LogP contribution in [0.15, 0.2) is 30.3 Å². The summed E-state index contributed by atoms with van der Waals surface area (Å²) in [5.74, 6) is -1.70. The van der Waals surface area contributed by atoms with Crippen molar-refractivity contribution < 1.29 is 19.5 Å². The van der Waals surface area contributed by atoms with Crippen molar-refractivity contribution >= 4 is 23.5 Å². The van der Waals surface area contributed by atoms with Crippen molar-refractivity contribution in [2.24, 2.45) is 7.05 Å². The number of aromatic nitrogens is 2. The van der Waals surface area contributed by atoms with E-state index in [9.17, 15) is 14.4 Å². The summed E-state index contributed by atoms with van der Waals surface area (Å²) in [4.78, 5) is 34.4. The fourth-order valence-electron chi connectivity index (χ4n) is 2.29. The van der Waals surface area contributed by atoms with Gasteiger partial charge >= 0.3 is 5.97 Å². The highest BCUT2D eigenvalue weighted by molar-refractivity contribution is 6.03. The largest absolute Gasteiger partial charge is 0.480 e. The second kappa shape index (κ2) is 7.61. The van der Waals surface area contributed by atoms with Crippen molar-refractivity contribution in [1.82, 2.24) is 15.1 Å². The summed E-state index contributed by atoms with van der Waals surface area (Å²) in [5.41, 5.74) is 2.08. The third-order valence-electron chi connectivity index (χ3n) is 3.55. The second-order valence-electron chi connectivity index (χ2n) is 5.84. The summed E-state index contributed by atoms with van der Waals surface area (Å²) in [5, 5.41) is 17.7. The standard InChI is InChI=1S/C17H20N4O4/c1-10(2)14-8-13(20-21(14)3)17(25)19-12-6-4-11(5-7-12)16(24)18-9-15(22)23/h4-8,10H,9H2,1-3H3,(H,18,24)(H,19,25)(H,22,23). The van der Waals surface area contributed by atoms with Crippen LogP contribution < -0.4 is 10.6 Å². The molecule has 0 aliphatic rings. The number of nitrogens with zero attached hydrogens (tertiary/aromatic N) is 2. The van der Waals surface area contributed by atoms with Crippen LogP contribution in [0.4, 0.5) is 5.69 Å². The van der Waals surface area contributed by atoms with Crippen molar-refractivity contribution in [2.75, 3.05) is 11.9 Å². The maximum absolute atomic E-state index is 12.3. The van der Waals surface area contributed by atoms with Crippen LogP contribution in [0.3, 0.4) is 0 Å². The Labute approximate surface area is 144 Å². The number of carbonyl (C=O) groups excluding carboxylic acids is 2. The highest BCUT2D eigenvalue weighted by Crippen LogP contribution is 2.16. The Kier molecular flexibility index (Phi) is 5.53. The van der Waals surface area contributed by atoms with Gasteiger partial charge in [0.25, 0.3) is 11.8 Å². The summed E-state index contributed by atoms with van der Waals surface area (Å²) in [6.45, 7) is 3.59. The van der Waals surface area contributed by atoms with Crippen LogP contribution in [0.5, 0.6) is 0 Å². The maximum Gasteiger partial charge on any atom is 0.322 e. The average Bonchev–Trinajstić information content (AvgIpc) is 2.95. The minimum Gasteiger partial charge on any atom is -0.480 e. The van der Waals surface area contributed by atoms with E-state index in [0.717, 1.165) is 5.69 Å². The Morgan fingerprint density at radius 3 is 2.32 bits per heavy atom. The summed E-state index contributed by atoms with van der Waals surface area (Å²) in [6, 6.07) is 7.89. The van der Waals surface area contributed by atoms with Gasteiger partial charge in [0.2, 0.25) is 0 Å². The predicted octanol–water partition coefficient (Wildman–Crippen LogP) is 1.61. The first-order valence-electron chi connectivity index (χ1n) is 7.73. The molecule has 0 aliphatic carbocycles. The van der Waals surface area contributed by atoms with Crippen molar-refractivity contribution in [1.29, 1.82) is 0 Å². The minimum absolute atomic E-state index is 0.252. The molecule has 2 aromatic rings. The van der Waals surface area contributed by atoms with Gasteiger partial charge in [-0.25, -0.2) is 0 Å². The molecule has 3 N–H and O–H groups in total. The van der Waals surface area contributed by atoms with Crippen molar-refractivity contribution in [3.8, 4) is 0 Å². The van der Waals surface area contributed by atoms with E-state index < -0.39 is 18.4 Å². The van der Waals surface area contributed by atoms with Gasteiger partial charge in [-0.1, -0.05) is 13.8 Å². The van der Waals surface area contributed by atoms with E-state index in [-0.39, 0.29) is 11.8 Å². The van der Waals surface area contributed by atoms with Gasteiger partial charge in [-0.2, -0.15) is 5.10 Å². The monoisotopic (exact) mass is 344 g/mol. The first-order valence-corrected chi connectivity index (χ1v) is 7.73. The van der Waals surface area contributed by atoms with Gasteiger partial charge in [0, 0.05) is 24.0 Å². The van der Waals surface area contributed by atoms with Crippen LogP contribution in [-0.4, -0.2) is 39.2 Å². The zero-order valence-corrected chi connectivity index (χ0v) is 14.2. The summed E-state index contributed by atoms with van der Waals surface area (Å²) >= 11 is 0. The van der Waals surface area contributed by atoms with E-state index in [1.165, 1.54) is 12.1 Å². The van der Waals surface area contributed by atoms with E-state index in [4.69, 9.17) is 5.11 Å². The molecule has 8 nitrogen and oxygen atoms in total. The molecule has 0 unspecified atom stereocenters. The SMILES string of the molecule is CC(C)c1cc(C(=O)Nc2ccc(C(=O)NCC(=O)O)cc2)nn1C. The Morgan fingerprint density at radius 1 is 1.16 bits per heavy atom. The molecular formula is C17H20N4O4. The number of hydrogen-bond donors (Lipinski definition) is 3. The second-order valence-corrected chi connectivity index (χ2v) is 5.84. The van der Waals surface area contributed by atoms with Crippen LogP contribution in [-0.2, 0) is 11.8 Å². The molecule has 25 heavy (non-hydrogen) atoms. The third kappa shape index (κ3) is 4.66. The minimum atomic E-state index is -1.12. The fourth-order valence-corrected chi connectivity index (χ4v) is 2.29. The van der Waals surface area contributed by atoms with Gasteiger partial charge in [-0.15, -0.1) is 0 Å². The highest BCUT2D eigenvalue weighted by atomic mass is 16.4. The Balaban J connectivity index is 2.03. The molecule has 0 saturated heterocycles. The third-order valence-corrected chi connectivity index (χ3v) is 3.55. The van der Waals surface area contributed by atoms with E-state index in [1.807, 2.05) is 13.8 Å². The molecule has 0 bridgehead atoms. The number of aryl methyl sites for hydroxylation is 1. The number of carboxylic acids is 1. The molecule has 2 rings (SSSR count). The average molecular weight is 344 g/mol. The maximum atomic E-state index is 12.3. The summed E-state index contributed by atoms with van der Waals surface area (Å²) < 4.78 is 1.68. The zero-order valence-electron chi connectivity index (χ0n) is 14.2. The number of nitrogens with one attached hydrogen (secondary N) is 2. The molecule has 1 aromatic carbocycles. The first-order chi connectivity index (χ1) is 11.8. The van der Waals surface area contributed by atoms with E-state index in [1.54, 1.807) is 29.9 Å². The van der Waals surface area contributed by atoms with Crippen LogP contribution in [0.2, 0.25) is 0 Å². The van der Waals surface area contributed by atoms with Gasteiger partial charge in [-0.3, -0.25) is 19.1 Å². The topological polar surface area (TPSA) is 113 Å². The zero-order chi connectivity index (χ0) is 18.6. The van der Waals surface area contributed by atoms with Gasteiger partial charge in [0.15, 0.2) is 5.69 Å². The molecule has 1 aromatic heterocycles. The first kappa shape index (κ1) is 18.2. The number of hydrogen-bond acceptors (Lipinski definition) is 4. The highest BCUT2D eigenvalue weighted by Gasteiger charge is 2.15. The van der Waals surface area contributed by atoms with Gasteiger partial charge in [0.1, 0.15) is 6.54 Å². The molecule has 0 saturated carbocycles. The lowest BCUT2D eigenvalue weighted by molar-refractivity contribution is -0.135. The number of benzene rings is 1. The van der Waals surface area contributed by atoms with Crippen LogP contribution >= 0.6 is 0 Å². The van der Waals surface area contributed by atoms with Crippen molar-refractivity contribution in [3.63, 3.8) is 0 Å². The molecule has 0 atom stereocenters. The lowest BCUT2D eigenvalue weighted by Gasteiger charge is -2.05. The van der Waals surface area contributed by atoms with Gasteiger partial charge < -0.3 is 15.7 Å². The van der Waals surface area contributed by atoms with Gasteiger partial charge in [-0.05, 0) is 36.2 Å². The molecule has 2 amide bonds. The summed E-state index contributed by atoms with van der Waals surface area (Å²) in [6.07, 6.45) is 0. The molecule has 8 heteroatoms. The van der Waals surface area contributed by atoms with Crippen molar-refractivity contribution in [2.45, 2.75) is 19.8 Å². The molecule has 1 heterocycles. The lowest BCUT2D eigenvalue weighted by Crippen LogP contribution is -2.29. The quantitative estimate of drug-likeness (QED) is 0.737. The smallest absolute Gasteiger partial charge is 0.322 e. The van der Waals surface area contributed by atoms with E-state index in [0.29, 0.717) is 16.9 Å². The molecule has 132 valence electrons. The Bertz CT molecular complexity index is 793. The molecular weight excluding hydrogens is 324 g/mol. The number of carbonyl (C=O) groups is 3. The lowest BCUT2D eigenvalue weighted by atomic mass is 10.1. The molecule has 0 fully saturated rings. The van der Waals surface area contributed by atoms with E-state index >= 15 is 0 Å². The summed E-state index contributed by atoms with van der Waals surface area (Å²) in [7, 11) is 1.79. The van der Waals surface area contributed by atoms with Crippen LogP contribution in [0, 0.1) is 0 Å². The van der Waals surface area contributed by atoms with E-state index in [2.05, 4.69) is 15.7 Å². The number of aliphatic carboxylic acids is 1. The number of rotatable bonds is 6. The van der Waals surface area contributed by atoms with Crippen LogP contribution in [0.1, 0.15) is 46.3 Å². The number of anilines is 1. The Hall–Kier alpha value is -3.16. The molecule has 0 aliphatic heterocycles. The van der Waals surface area contributed by atoms with Crippen molar-refractivity contribution in [3.05, 3.63) is 47.3 Å². The normalized spacial score (nSPS) is 10.6. The fraction of sp³-hybridized carbons (Fsp3) is 0.294. The molecule has 0 spiro atoms. The van der Waals surface area contributed by atoms with Gasteiger partial charge in [0.05, 0.1) is 0 Å².